The molecule has 0 unspecified atom stereocenters. The van der Waals surface area contributed by atoms with Crippen molar-refractivity contribution in [2.75, 3.05) is 32.7 Å². The van der Waals surface area contributed by atoms with Crippen molar-refractivity contribution in [2.24, 2.45) is 0 Å². The summed E-state index contributed by atoms with van der Waals surface area (Å²) in [7, 11) is 0. The molecule has 1 saturated heterocycles. The van der Waals surface area contributed by atoms with Crippen molar-refractivity contribution in [3.63, 3.8) is 0 Å². The summed E-state index contributed by atoms with van der Waals surface area (Å²) in [5.41, 5.74) is -0.465. The minimum atomic E-state index is -0.465. The maximum atomic E-state index is 11.8. The first kappa shape index (κ1) is 17.6. The molecule has 0 saturated carbocycles. The summed E-state index contributed by atoms with van der Waals surface area (Å²) in [4.78, 5) is 15.8. The molecule has 1 N–H and O–H groups in total. The van der Waals surface area contributed by atoms with Crippen LogP contribution < -0.4 is 5.32 Å². The molecular weight excluding hydrogens is 268 g/mol. The summed E-state index contributed by atoms with van der Waals surface area (Å²) >= 11 is 0. The van der Waals surface area contributed by atoms with Gasteiger partial charge in [-0.2, -0.15) is 5.26 Å². The third-order valence-corrected chi connectivity index (χ3v) is 3.44. The average molecular weight is 296 g/mol. The number of piperidine rings is 1. The largest absolute Gasteiger partial charge is 0.444 e. The average Bonchev–Trinajstić information content (AvgIpc) is 2.38. The van der Waals surface area contributed by atoms with Gasteiger partial charge in [-0.3, -0.25) is 4.90 Å². The number of nitrogens with zero attached hydrogens (tertiary/aromatic N) is 3. The van der Waals surface area contributed by atoms with Crippen LogP contribution in [0, 0.1) is 11.5 Å². The van der Waals surface area contributed by atoms with E-state index in [-0.39, 0.29) is 12.1 Å². The molecule has 0 aromatic carbocycles. The molecule has 1 aliphatic rings. The van der Waals surface area contributed by atoms with Gasteiger partial charge in [-0.15, -0.1) is 0 Å². The van der Waals surface area contributed by atoms with Crippen molar-refractivity contribution in [2.45, 2.75) is 52.2 Å². The molecule has 6 nitrogen and oxygen atoms in total. The minimum absolute atomic E-state index is 0.130. The first-order valence-electron chi connectivity index (χ1n) is 7.70. The molecule has 1 fully saturated rings. The summed E-state index contributed by atoms with van der Waals surface area (Å²) in [6, 6.07) is 0.130. The Morgan fingerprint density at radius 1 is 1.52 bits per heavy atom. The van der Waals surface area contributed by atoms with E-state index in [1.165, 1.54) is 0 Å². The summed E-state index contributed by atoms with van der Waals surface area (Å²) in [6.45, 7) is 11.7. The third-order valence-electron chi connectivity index (χ3n) is 3.44. The fourth-order valence-electron chi connectivity index (χ4n) is 2.39. The molecule has 0 bridgehead atoms. The van der Waals surface area contributed by atoms with Crippen LogP contribution in [0.25, 0.3) is 0 Å². The molecule has 120 valence electrons. The van der Waals surface area contributed by atoms with E-state index in [4.69, 9.17) is 10.00 Å². The first-order chi connectivity index (χ1) is 9.84. The van der Waals surface area contributed by atoms with Crippen LogP contribution in [0.5, 0.6) is 0 Å². The predicted octanol–water partition coefficient (Wildman–Crippen LogP) is 1.78. The number of nitrogens with one attached hydrogen (secondary N) is 1. The Morgan fingerprint density at radius 3 is 2.81 bits per heavy atom. The number of likely N-dealkylation sites (tertiary alicyclic amines) is 1. The summed E-state index contributed by atoms with van der Waals surface area (Å²) in [6.07, 6.45) is 3.86. The van der Waals surface area contributed by atoms with E-state index in [0.29, 0.717) is 0 Å². The fraction of sp³-hybridized carbons (Fsp3) is 0.867. The normalized spacial score (nSPS) is 19.7. The summed E-state index contributed by atoms with van der Waals surface area (Å²) in [5.74, 6) is 0. The van der Waals surface area contributed by atoms with Crippen LogP contribution in [-0.2, 0) is 4.74 Å². The lowest BCUT2D eigenvalue weighted by Gasteiger charge is -2.34. The second kappa shape index (κ2) is 8.08. The molecule has 1 rings (SSSR count). The van der Waals surface area contributed by atoms with Gasteiger partial charge in [0.15, 0.2) is 6.19 Å². The van der Waals surface area contributed by atoms with E-state index in [1.54, 1.807) is 4.90 Å². The van der Waals surface area contributed by atoms with Crippen molar-refractivity contribution in [3.8, 4) is 6.19 Å². The van der Waals surface area contributed by atoms with Crippen LogP contribution in [0.1, 0.15) is 40.5 Å². The van der Waals surface area contributed by atoms with Crippen molar-refractivity contribution >= 4 is 6.09 Å². The van der Waals surface area contributed by atoms with Gasteiger partial charge in [0.05, 0.1) is 0 Å². The van der Waals surface area contributed by atoms with Gasteiger partial charge in [0.1, 0.15) is 5.60 Å². The maximum absolute atomic E-state index is 11.8. The molecule has 21 heavy (non-hydrogen) atoms. The van der Waals surface area contributed by atoms with Crippen molar-refractivity contribution in [3.05, 3.63) is 0 Å². The molecule has 1 heterocycles. The number of hydrogen-bond donors (Lipinski definition) is 1. The Balaban J connectivity index is 2.35. The highest BCUT2D eigenvalue weighted by atomic mass is 16.6. The lowest BCUT2D eigenvalue weighted by molar-refractivity contribution is 0.0471. The molecule has 1 atom stereocenters. The Morgan fingerprint density at radius 2 is 2.24 bits per heavy atom. The topological polar surface area (TPSA) is 68.6 Å². The number of amides is 1. The molecule has 0 radical (unpaired) electrons. The molecule has 0 aromatic rings. The van der Waals surface area contributed by atoms with Gasteiger partial charge < -0.3 is 15.0 Å². The molecular formula is C15H28N4O2. The number of alkyl carbamates (subject to hydrolysis) is 1. The molecule has 1 amide bonds. The van der Waals surface area contributed by atoms with Gasteiger partial charge >= 0.3 is 6.09 Å². The Kier molecular flexibility index (Phi) is 6.76. The SMILES string of the molecule is CCN(C#N)CCN1CCC[C@@H](NC(=O)OC(C)(C)C)C1. The minimum Gasteiger partial charge on any atom is -0.444 e. The predicted molar refractivity (Wildman–Crippen MR) is 81.7 cm³/mol. The Labute approximate surface area is 128 Å². The quantitative estimate of drug-likeness (QED) is 0.618. The van der Waals surface area contributed by atoms with Crippen LogP contribution in [0.2, 0.25) is 0 Å². The van der Waals surface area contributed by atoms with Crippen molar-refractivity contribution in [1.82, 2.24) is 15.1 Å². The Hall–Kier alpha value is -1.48. The van der Waals surface area contributed by atoms with Gasteiger partial charge in [-0.25, -0.2) is 4.79 Å². The highest BCUT2D eigenvalue weighted by Crippen LogP contribution is 2.12. The number of hydrogen-bond acceptors (Lipinski definition) is 5. The summed E-state index contributed by atoms with van der Waals surface area (Å²) in [5, 5.41) is 11.9. The number of rotatable bonds is 5. The van der Waals surface area contributed by atoms with E-state index < -0.39 is 5.60 Å². The van der Waals surface area contributed by atoms with E-state index in [0.717, 1.165) is 45.6 Å². The lowest BCUT2D eigenvalue weighted by Crippen LogP contribution is -2.50. The second-order valence-electron chi connectivity index (χ2n) is 6.47. The van der Waals surface area contributed by atoms with E-state index in [9.17, 15) is 4.79 Å². The summed E-state index contributed by atoms with van der Waals surface area (Å²) < 4.78 is 5.29. The second-order valence-corrected chi connectivity index (χ2v) is 6.47. The standard InChI is InChI=1S/C15H28N4O2/c1-5-18(12-16)9-10-19-8-6-7-13(11-19)17-14(20)21-15(2,3)4/h13H,5-11H2,1-4H3,(H,17,20)/t13-/m1/s1. The van der Waals surface area contributed by atoms with Gasteiger partial charge in [0, 0.05) is 32.2 Å². The molecule has 0 aliphatic carbocycles. The monoisotopic (exact) mass is 296 g/mol. The van der Waals surface area contributed by atoms with Gasteiger partial charge in [-0.1, -0.05) is 0 Å². The van der Waals surface area contributed by atoms with Crippen LogP contribution in [0.4, 0.5) is 4.79 Å². The van der Waals surface area contributed by atoms with E-state index in [2.05, 4.69) is 16.4 Å². The van der Waals surface area contributed by atoms with Crippen LogP contribution in [-0.4, -0.2) is 60.3 Å². The van der Waals surface area contributed by atoms with Crippen molar-refractivity contribution in [1.29, 1.82) is 5.26 Å². The zero-order valence-electron chi connectivity index (χ0n) is 13.7. The van der Waals surface area contributed by atoms with Crippen LogP contribution >= 0.6 is 0 Å². The lowest BCUT2D eigenvalue weighted by atomic mass is 10.1. The number of carbonyl (C=O) groups is 1. The highest BCUT2D eigenvalue weighted by molar-refractivity contribution is 5.68. The molecule has 0 spiro atoms. The van der Waals surface area contributed by atoms with Gasteiger partial charge in [-0.05, 0) is 47.1 Å². The van der Waals surface area contributed by atoms with Gasteiger partial charge in [0.2, 0.25) is 0 Å². The number of nitriles is 1. The molecule has 0 aromatic heterocycles. The number of likely N-dealkylation sites (N-methyl/N-ethyl adjacent to an activating group) is 1. The maximum Gasteiger partial charge on any atom is 0.407 e. The fourth-order valence-corrected chi connectivity index (χ4v) is 2.39. The van der Waals surface area contributed by atoms with Crippen LogP contribution in [0.15, 0.2) is 0 Å². The van der Waals surface area contributed by atoms with Gasteiger partial charge in [0.25, 0.3) is 0 Å². The smallest absolute Gasteiger partial charge is 0.407 e. The highest BCUT2D eigenvalue weighted by Gasteiger charge is 2.24. The molecule has 1 aliphatic heterocycles. The molecule has 6 heteroatoms. The number of ether oxygens (including phenoxy) is 1. The van der Waals surface area contributed by atoms with Crippen LogP contribution in [0.3, 0.4) is 0 Å². The first-order valence-corrected chi connectivity index (χ1v) is 7.70. The zero-order valence-corrected chi connectivity index (χ0v) is 13.7. The Bertz CT molecular complexity index is 373. The zero-order chi connectivity index (χ0) is 15.9. The van der Waals surface area contributed by atoms with Crippen molar-refractivity contribution < 1.29 is 9.53 Å². The van der Waals surface area contributed by atoms with E-state index >= 15 is 0 Å². The number of carbonyl (C=O) groups excluding carboxylic acids is 1. The van der Waals surface area contributed by atoms with E-state index in [1.807, 2.05) is 27.7 Å². The third kappa shape index (κ3) is 7.19.